The third-order valence-corrected chi connectivity index (χ3v) is 5.90. The Morgan fingerprint density at radius 3 is 2.64 bits per heavy atom. The summed E-state index contributed by atoms with van der Waals surface area (Å²) in [7, 11) is 0. The quantitative estimate of drug-likeness (QED) is 0.654. The number of carbonyl (C=O) groups excluding carboxylic acids is 2. The van der Waals surface area contributed by atoms with Crippen molar-refractivity contribution in [2.24, 2.45) is 0 Å². The van der Waals surface area contributed by atoms with E-state index in [2.05, 4.69) is 23.7 Å². The van der Waals surface area contributed by atoms with Gasteiger partial charge >= 0.3 is 0 Å². The minimum Gasteiger partial charge on any atom is -0.503 e. The van der Waals surface area contributed by atoms with Crippen molar-refractivity contribution in [3.05, 3.63) is 63.8 Å². The van der Waals surface area contributed by atoms with Gasteiger partial charge in [-0.15, -0.1) is 11.3 Å². The zero-order valence-corrected chi connectivity index (χ0v) is 17.0. The van der Waals surface area contributed by atoms with E-state index in [1.54, 1.807) is 40.7 Å². The molecule has 0 spiro atoms. The minimum atomic E-state index is -0.667. The summed E-state index contributed by atoms with van der Waals surface area (Å²) in [6.07, 6.45) is 2.39. The molecule has 1 amide bonds. The van der Waals surface area contributed by atoms with Crippen molar-refractivity contribution in [1.82, 2.24) is 14.8 Å². The summed E-state index contributed by atoms with van der Waals surface area (Å²) < 4.78 is 0. The number of pyridine rings is 1. The van der Waals surface area contributed by atoms with Gasteiger partial charge in [0.25, 0.3) is 5.91 Å². The molecule has 7 heteroatoms. The highest BCUT2D eigenvalue weighted by molar-refractivity contribution is 7.12. The van der Waals surface area contributed by atoms with E-state index < -0.39 is 17.7 Å². The van der Waals surface area contributed by atoms with Crippen LogP contribution in [0.25, 0.3) is 0 Å². The van der Waals surface area contributed by atoms with Gasteiger partial charge in [-0.05, 0) is 49.6 Å². The molecule has 0 aliphatic carbocycles. The zero-order valence-electron chi connectivity index (χ0n) is 16.2. The van der Waals surface area contributed by atoms with Crippen LogP contribution in [0.15, 0.2) is 53.2 Å². The van der Waals surface area contributed by atoms with Crippen molar-refractivity contribution in [3.63, 3.8) is 0 Å². The Labute approximate surface area is 169 Å². The van der Waals surface area contributed by atoms with Crippen LogP contribution in [0, 0.1) is 0 Å². The number of amides is 1. The van der Waals surface area contributed by atoms with Crippen LogP contribution in [-0.2, 0) is 4.79 Å². The molecule has 0 bridgehead atoms. The number of Topliss-reactive ketones (excluding diaryl/α,β-unsaturated/α-hetero) is 1. The number of aliphatic hydroxyl groups is 1. The third-order valence-electron chi connectivity index (χ3n) is 5.03. The Morgan fingerprint density at radius 1 is 1.25 bits per heavy atom. The fourth-order valence-electron chi connectivity index (χ4n) is 3.51. The van der Waals surface area contributed by atoms with E-state index >= 15 is 0 Å². The predicted octanol–water partition coefficient (Wildman–Crippen LogP) is 3.45. The summed E-state index contributed by atoms with van der Waals surface area (Å²) >= 11 is 1.30. The summed E-state index contributed by atoms with van der Waals surface area (Å²) in [5.74, 6) is -1.28. The predicted molar refractivity (Wildman–Crippen MR) is 109 cm³/mol. The average molecular weight is 400 g/mol. The summed E-state index contributed by atoms with van der Waals surface area (Å²) in [6, 6.07) is 8.22. The number of aliphatic hydroxyl groups excluding tert-OH is 1. The molecule has 1 N–H and O–H groups in total. The van der Waals surface area contributed by atoms with Gasteiger partial charge in [0.15, 0.2) is 5.76 Å². The van der Waals surface area contributed by atoms with Gasteiger partial charge in [0.1, 0.15) is 6.04 Å². The van der Waals surface area contributed by atoms with E-state index in [-0.39, 0.29) is 11.4 Å². The average Bonchev–Trinajstić information content (AvgIpc) is 3.34. The maximum absolute atomic E-state index is 13.0. The summed E-state index contributed by atoms with van der Waals surface area (Å²) in [6.45, 7) is 7.39. The lowest BCUT2D eigenvalue weighted by atomic mass is 9.99. The van der Waals surface area contributed by atoms with Gasteiger partial charge in [0.2, 0.25) is 5.78 Å². The highest BCUT2D eigenvalue weighted by Crippen LogP contribution is 2.38. The largest absolute Gasteiger partial charge is 0.503 e. The van der Waals surface area contributed by atoms with Gasteiger partial charge < -0.3 is 14.9 Å². The van der Waals surface area contributed by atoms with E-state index in [1.165, 1.54) is 11.3 Å². The molecule has 0 saturated carbocycles. The van der Waals surface area contributed by atoms with Gasteiger partial charge in [0, 0.05) is 12.7 Å². The molecule has 0 radical (unpaired) electrons. The molecule has 148 valence electrons. The molecule has 1 aliphatic heterocycles. The number of hydrogen-bond acceptors (Lipinski definition) is 6. The van der Waals surface area contributed by atoms with Crippen molar-refractivity contribution in [2.45, 2.75) is 26.3 Å². The second-order valence-electron chi connectivity index (χ2n) is 6.60. The number of hydrogen-bond donors (Lipinski definition) is 1. The smallest absolute Gasteiger partial charge is 0.290 e. The SMILES string of the molecule is CCN(CC)CCCN1C(=O)C(O)=C(C(=O)c2cccs2)[C@@H]1c1ccccn1. The molecular formula is C21H25N3O3S. The van der Waals surface area contributed by atoms with E-state index in [0.717, 1.165) is 26.1 Å². The number of thiophene rings is 1. The number of rotatable bonds is 9. The molecule has 0 aromatic carbocycles. The Kier molecular flexibility index (Phi) is 6.59. The van der Waals surface area contributed by atoms with Gasteiger partial charge in [-0.25, -0.2) is 0 Å². The Bertz CT molecular complexity index is 845. The van der Waals surface area contributed by atoms with Crippen LogP contribution in [0.1, 0.15) is 41.7 Å². The minimum absolute atomic E-state index is 0.119. The Balaban J connectivity index is 1.90. The lowest BCUT2D eigenvalue weighted by molar-refractivity contribution is -0.129. The van der Waals surface area contributed by atoms with Crippen molar-refractivity contribution in [2.75, 3.05) is 26.2 Å². The lowest BCUT2D eigenvalue weighted by Crippen LogP contribution is -2.34. The highest BCUT2D eigenvalue weighted by Gasteiger charge is 2.44. The molecule has 0 saturated heterocycles. The van der Waals surface area contributed by atoms with Gasteiger partial charge in [-0.3, -0.25) is 14.6 Å². The molecule has 6 nitrogen and oxygen atoms in total. The van der Waals surface area contributed by atoms with Crippen molar-refractivity contribution < 1.29 is 14.7 Å². The summed E-state index contributed by atoms with van der Waals surface area (Å²) in [5.41, 5.74) is 0.705. The van der Waals surface area contributed by atoms with E-state index in [0.29, 0.717) is 17.1 Å². The first-order valence-electron chi connectivity index (χ1n) is 9.54. The van der Waals surface area contributed by atoms with Gasteiger partial charge in [0.05, 0.1) is 16.1 Å². The van der Waals surface area contributed by atoms with Crippen LogP contribution >= 0.6 is 11.3 Å². The number of aromatic nitrogens is 1. The first kappa shape index (κ1) is 20.2. The fraction of sp³-hybridized carbons (Fsp3) is 0.381. The van der Waals surface area contributed by atoms with Crippen molar-refractivity contribution in [1.29, 1.82) is 0 Å². The first-order chi connectivity index (χ1) is 13.6. The molecule has 3 heterocycles. The van der Waals surface area contributed by atoms with Crippen LogP contribution in [0.3, 0.4) is 0 Å². The summed E-state index contributed by atoms with van der Waals surface area (Å²) in [4.78, 5) is 34.6. The molecule has 2 aromatic rings. The summed E-state index contributed by atoms with van der Waals surface area (Å²) in [5, 5.41) is 12.4. The maximum Gasteiger partial charge on any atom is 0.290 e. The normalized spacial score (nSPS) is 17.0. The second-order valence-corrected chi connectivity index (χ2v) is 7.55. The topological polar surface area (TPSA) is 73.7 Å². The Morgan fingerprint density at radius 2 is 2.04 bits per heavy atom. The fourth-order valence-corrected chi connectivity index (χ4v) is 4.18. The monoisotopic (exact) mass is 399 g/mol. The van der Waals surface area contributed by atoms with Crippen LogP contribution in [0.2, 0.25) is 0 Å². The van der Waals surface area contributed by atoms with Crippen LogP contribution < -0.4 is 0 Å². The van der Waals surface area contributed by atoms with Crippen LogP contribution in [0.4, 0.5) is 0 Å². The van der Waals surface area contributed by atoms with Crippen LogP contribution in [0.5, 0.6) is 0 Å². The number of nitrogens with zero attached hydrogens (tertiary/aromatic N) is 3. The molecule has 1 atom stereocenters. The van der Waals surface area contributed by atoms with Crippen molar-refractivity contribution >= 4 is 23.0 Å². The molecule has 0 fully saturated rings. The number of carbonyl (C=O) groups is 2. The standard InChI is InChI=1S/C21H25N3O3S/c1-3-23(4-2)12-8-13-24-18(15-9-5-6-11-22-15)17(20(26)21(24)27)19(25)16-10-7-14-28-16/h5-7,9-11,14,18,26H,3-4,8,12-13H2,1-2H3/t18-/m0/s1. The molecular weight excluding hydrogens is 374 g/mol. The lowest BCUT2D eigenvalue weighted by Gasteiger charge is -2.27. The molecule has 0 unspecified atom stereocenters. The molecule has 3 rings (SSSR count). The van der Waals surface area contributed by atoms with E-state index in [1.807, 2.05) is 6.07 Å². The molecule has 2 aromatic heterocycles. The van der Waals surface area contributed by atoms with Gasteiger partial charge in [-0.1, -0.05) is 26.0 Å². The van der Waals surface area contributed by atoms with E-state index in [4.69, 9.17) is 0 Å². The third kappa shape index (κ3) is 4.00. The van der Waals surface area contributed by atoms with E-state index in [9.17, 15) is 14.7 Å². The van der Waals surface area contributed by atoms with Gasteiger partial charge in [-0.2, -0.15) is 0 Å². The maximum atomic E-state index is 13.0. The van der Waals surface area contributed by atoms with Crippen LogP contribution in [-0.4, -0.2) is 57.8 Å². The van der Waals surface area contributed by atoms with Crippen molar-refractivity contribution in [3.8, 4) is 0 Å². The highest BCUT2D eigenvalue weighted by atomic mass is 32.1. The first-order valence-corrected chi connectivity index (χ1v) is 10.4. The number of ketones is 1. The molecule has 28 heavy (non-hydrogen) atoms. The second kappa shape index (κ2) is 9.12. The molecule has 1 aliphatic rings. The Hall–Kier alpha value is -2.51. The zero-order chi connectivity index (χ0) is 20.1.